The molecule has 5 rings (SSSR count). The van der Waals surface area contributed by atoms with Gasteiger partial charge in [-0.25, -0.2) is 24.3 Å². The molecule has 3 aromatic heterocycles. The van der Waals surface area contributed by atoms with Crippen LogP contribution in [-0.4, -0.2) is 29.5 Å². The molecule has 0 saturated heterocycles. The summed E-state index contributed by atoms with van der Waals surface area (Å²) in [4.78, 5) is 33.4. The van der Waals surface area contributed by atoms with Gasteiger partial charge in [0.1, 0.15) is 29.5 Å². The summed E-state index contributed by atoms with van der Waals surface area (Å²) in [5.41, 5.74) is 1.42. The zero-order valence-corrected chi connectivity index (χ0v) is 15.4. The number of benzene rings is 1. The number of allylic oxidation sites excluding steroid dienone is 4. The predicted octanol–water partition coefficient (Wildman–Crippen LogP) is 3.20. The topological polar surface area (TPSA) is 101 Å². The summed E-state index contributed by atoms with van der Waals surface area (Å²) in [6.45, 7) is 1.84. The van der Waals surface area contributed by atoms with Crippen LogP contribution in [0.3, 0.4) is 0 Å². The van der Waals surface area contributed by atoms with Crippen LogP contribution in [0.25, 0.3) is 22.1 Å². The average molecular weight is 389 g/mol. The normalized spacial score (nSPS) is 17.0. The first-order valence-corrected chi connectivity index (χ1v) is 9.09. The largest absolute Gasteiger partial charge is 0.358 e. The Hall–Kier alpha value is -3.88. The molecule has 2 unspecified atom stereocenters. The fourth-order valence-electron chi connectivity index (χ4n) is 3.53. The highest BCUT2D eigenvalue weighted by Gasteiger charge is 2.26. The Morgan fingerprint density at radius 1 is 1.24 bits per heavy atom. The molecule has 1 aliphatic rings. The van der Waals surface area contributed by atoms with Gasteiger partial charge in [-0.05, 0) is 25.1 Å². The lowest BCUT2D eigenvalue weighted by molar-refractivity contribution is 0.485. The highest BCUT2D eigenvalue weighted by atomic mass is 19.1. The van der Waals surface area contributed by atoms with E-state index in [0.717, 1.165) is 0 Å². The number of fused-ring (bicyclic) bond motifs is 2. The van der Waals surface area contributed by atoms with Gasteiger partial charge in [-0.3, -0.25) is 9.36 Å². The third-order valence-electron chi connectivity index (χ3n) is 4.91. The minimum Gasteiger partial charge on any atom is -0.358 e. The van der Waals surface area contributed by atoms with E-state index in [2.05, 4.69) is 30.2 Å². The van der Waals surface area contributed by atoms with Crippen LogP contribution < -0.4 is 10.9 Å². The van der Waals surface area contributed by atoms with Gasteiger partial charge in [0.2, 0.25) is 0 Å². The number of imidazole rings is 1. The summed E-state index contributed by atoms with van der Waals surface area (Å²) < 4.78 is 15.8. The molecule has 0 bridgehead atoms. The van der Waals surface area contributed by atoms with Gasteiger partial charge < -0.3 is 10.3 Å². The Balaban J connectivity index is 1.67. The Labute approximate surface area is 163 Å². The zero-order valence-electron chi connectivity index (χ0n) is 15.4. The summed E-state index contributed by atoms with van der Waals surface area (Å²) >= 11 is 0. The van der Waals surface area contributed by atoms with Crippen LogP contribution >= 0.6 is 0 Å². The van der Waals surface area contributed by atoms with Gasteiger partial charge in [0.15, 0.2) is 11.5 Å². The standard InChI is InChI=1S/C20H16FN7O/c1-11(26-18-16-17(23-9-22-16)24-10-25-18)19-27-14-7-3-2-5-12(14)20(29)28(19)15-8-4-6-13(15)21/h2-11,15H,1H3,(H2,22,23,24,25,26). The van der Waals surface area contributed by atoms with Crippen LogP contribution in [0.5, 0.6) is 0 Å². The number of aromatic nitrogens is 6. The van der Waals surface area contributed by atoms with Crippen LogP contribution in [0.15, 0.2) is 65.8 Å². The van der Waals surface area contributed by atoms with Crippen LogP contribution in [0.4, 0.5) is 10.2 Å². The van der Waals surface area contributed by atoms with Gasteiger partial charge >= 0.3 is 0 Å². The lowest BCUT2D eigenvalue weighted by atomic mass is 10.2. The Bertz CT molecular complexity index is 1350. The van der Waals surface area contributed by atoms with Crippen molar-refractivity contribution in [2.24, 2.45) is 0 Å². The van der Waals surface area contributed by atoms with E-state index in [-0.39, 0.29) is 5.56 Å². The molecule has 4 aromatic rings. The fourth-order valence-corrected chi connectivity index (χ4v) is 3.53. The maximum Gasteiger partial charge on any atom is 0.262 e. The lowest BCUT2D eigenvalue weighted by Gasteiger charge is -2.23. The van der Waals surface area contributed by atoms with Crippen molar-refractivity contribution in [3.63, 3.8) is 0 Å². The lowest BCUT2D eigenvalue weighted by Crippen LogP contribution is -2.31. The van der Waals surface area contributed by atoms with E-state index in [9.17, 15) is 9.18 Å². The molecule has 3 heterocycles. The summed E-state index contributed by atoms with van der Waals surface area (Å²) in [5, 5.41) is 3.69. The van der Waals surface area contributed by atoms with Gasteiger partial charge in [0, 0.05) is 0 Å². The third-order valence-corrected chi connectivity index (χ3v) is 4.91. The molecular weight excluding hydrogens is 373 g/mol. The van der Waals surface area contributed by atoms with Crippen LogP contribution in [0.1, 0.15) is 24.8 Å². The summed E-state index contributed by atoms with van der Waals surface area (Å²) in [6.07, 6.45) is 7.53. The molecule has 0 amide bonds. The van der Waals surface area contributed by atoms with E-state index in [1.807, 2.05) is 13.0 Å². The predicted molar refractivity (Wildman–Crippen MR) is 107 cm³/mol. The summed E-state index contributed by atoms with van der Waals surface area (Å²) in [7, 11) is 0. The van der Waals surface area contributed by atoms with E-state index in [0.29, 0.717) is 33.7 Å². The Morgan fingerprint density at radius 3 is 2.93 bits per heavy atom. The smallest absolute Gasteiger partial charge is 0.262 e. The maximum atomic E-state index is 14.4. The van der Waals surface area contributed by atoms with Crippen molar-refractivity contribution in [1.29, 1.82) is 0 Å². The minimum absolute atomic E-state index is 0.297. The van der Waals surface area contributed by atoms with Gasteiger partial charge in [0.25, 0.3) is 5.56 Å². The second-order valence-corrected chi connectivity index (χ2v) is 6.73. The molecule has 0 spiro atoms. The van der Waals surface area contributed by atoms with Gasteiger partial charge in [-0.2, -0.15) is 0 Å². The molecule has 1 aliphatic carbocycles. The van der Waals surface area contributed by atoms with Crippen molar-refractivity contribution in [2.75, 3.05) is 5.32 Å². The number of para-hydroxylation sites is 1. The first-order chi connectivity index (χ1) is 14.1. The average Bonchev–Trinajstić information content (AvgIpc) is 3.37. The summed E-state index contributed by atoms with van der Waals surface area (Å²) in [5.74, 6) is 0.516. The molecule has 2 N–H and O–H groups in total. The Morgan fingerprint density at radius 2 is 2.10 bits per heavy atom. The van der Waals surface area contributed by atoms with E-state index >= 15 is 0 Å². The molecule has 2 atom stereocenters. The number of hydrogen-bond acceptors (Lipinski definition) is 6. The number of nitrogens with one attached hydrogen (secondary N) is 2. The van der Waals surface area contributed by atoms with Crippen LogP contribution in [-0.2, 0) is 0 Å². The quantitative estimate of drug-likeness (QED) is 0.556. The van der Waals surface area contributed by atoms with Crippen molar-refractivity contribution in [3.05, 3.63) is 77.2 Å². The molecule has 29 heavy (non-hydrogen) atoms. The highest BCUT2D eigenvalue weighted by molar-refractivity contribution is 5.82. The molecule has 1 aromatic carbocycles. The Kier molecular flexibility index (Phi) is 3.94. The van der Waals surface area contributed by atoms with Crippen molar-refractivity contribution in [3.8, 4) is 0 Å². The van der Waals surface area contributed by atoms with Crippen LogP contribution in [0.2, 0.25) is 0 Å². The van der Waals surface area contributed by atoms with Crippen LogP contribution in [0, 0.1) is 0 Å². The summed E-state index contributed by atoms with van der Waals surface area (Å²) in [6, 6.07) is 5.78. The zero-order chi connectivity index (χ0) is 20.0. The number of H-pyrrole nitrogens is 1. The number of rotatable bonds is 4. The first kappa shape index (κ1) is 17.2. The fraction of sp³-hybridized carbons (Fsp3) is 0.150. The molecule has 0 saturated carbocycles. The number of anilines is 1. The molecule has 9 heteroatoms. The molecule has 0 fully saturated rings. The highest BCUT2D eigenvalue weighted by Crippen LogP contribution is 2.29. The van der Waals surface area contributed by atoms with Crippen molar-refractivity contribution in [1.82, 2.24) is 29.5 Å². The minimum atomic E-state index is -0.823. The number of halogens is 1. The number of nitrogens with zero attached hydrogens (tertiary/aromatic N) is 5. The first-order valence-electron chi connectivity index (χ1n) is 9.09. The third kappa shape index (κ3) is 2.78. The SMILES string of the molecule is CC(Nc1ncnc2nc[nH]c12)c1nc2ccccc2c(=O)n1C1C=CC=C1F. The van der Waals surface area contributed by atoms with Crippen molar-refractivity contribution < 1.29 is 4.39 Å². The molecule has 0 aliphatic heterocycles. The molecule has 144 valence electrons. The van der Waals surface area contributed by atoms with Gasteiger partial charge in [0.05, 0.1) is 23.3 Å². The molecular formula is C20H16FN7O. The van der Waals surface area contributed by atoms with E-state index < -0.39 is 17.9 Å². The van der Waals surface area contributed by atoms with Gasteiger partial charge in [-0.15, -0.1) is 0 Å². The monoisotopic (exact) mass is 389 g/mol. The van der Waals surface area contributed by atoms with E-state index in [1.165, 1.54) is 23.3 Å². The van der Waals surface area contributed by atoms with Gasteiger partial charge in [-0.1, -0.05) is 24.3 Å². The molecule has 0 radical (unpaired) electrons. The number of hydrogen-bond donors (Lipinski definition) is 2. The second kappa shape index (κ2) is 6.62. The van der Waals surface area contributed by atoms with Crippen molar-refractivity contribution >= 4 is 27.9 Å². The number of aromatic amines is 1. The van der Waals surface area contributed by atoms with E-state index in [1.54, 1.807) is 30.4 Å². The molecule has 8 nitrogen and oxygen atoms in total. The maximum absolute atomic E-state index is 14.4. The second-order valence-electron chi connectivity index (χ2n) is 6.73. The van der Waals surface area contributed by atoms with E-state index in [4.69, 9.17) is 0 Å². The van der Waals surface area contributed by atoms with Crippen molar-refractivity contribution in [2.45, 2.75) is 19.0 Å².